The summed E-state index contributed by atoms with van der Waals surface area (Å²) in [6.45, 7) is 12.6. The molecule has 3 atom stereocenters. The highest BCUT2D eigenvalue weighted by Gasteiger charge is 2.26. The number of aromatic nitrogens is 2. The SMILES string of the molecule is CCC(C)N(C(=O)Cn1c(C(C)NC(=O)Cc2ccccc2C)nc2ccccc21)C(C)CC. The van der Waals surface area contributed by atoms with Crippen LogP contribution in [0.3, 0.4) is 0 Å². The second kappa shape index (κ2) is 11.3. The lowest BCUT2D eigenvalue weighted by Crippen LogP contribution is -2.46. The highest BCUT2D eigenvalue weighted by Crippen LogP contribution is 2.23. The third-order valence-electron chi connectivity index (χ3n) is 6.77. The fourth-order valence-corrected chi connectivity index (χ4v) is 4.47. The molecule has 6 nitrogen and oxygen atoms in total. The molecule has 2 aromatic carbocycles. The zero-order valence-electron chi connectivity index (χ0n) is 21.3. The summed E-state index contributed by atoms with van der Waals surface area (Å²) in [6.07, 6.45) is 2.12. The number of para-hydroxylation sites is 2. The van der Waals surface area contributed by atoms with E-state index < -0.39 is 0 Å². The van der Waals surface area contributed by atoms with Crippen LogP contribution in [0.15, 0.2) is 48.5 Å². The Balaban J connectivity index is 1.87. The average molecular weight is 463 g/mol. The lowest BCUT2D eigenvalue weighted by molar-refractivity contribution is -0.136. The van der Waals surface area contributed by atoms with E-state index in [0.29, 0.717) is 12.2 Å². The molecule has 3 unspecified atom stereocenters. The molecule has 0 saturated carbocycles. The van der Waals surface area contributed by atoms with Gasteiger partial charge in [0.05, 0.1) is 23.5 Å². The van der Waals surface area contributed by atoms with Gasteiger partial charge < -0.3 is 14.8 Å². The van der Waals surface area contributed by atoms with Gasteiger partial charge in [-0.3, -0.25) is 9.59 Å². The molecule has 3 rings (SSSR count). The quantitative estimate of drug-likeness (QED) is 0.451. The Hall–Kier alpha value is -3.15. The van der Waals surface area contributed by atoms with Gasteiger partial charge in [-0.25, -0.2) is 4.98 Å². The summed E-state index contributed by atoms with van der Waals surface area (Å²) < 4.78 is 1.97. The van der Waals surface area contributed by atoms with Crippen LogP contribution in [0, 0.1) is 6.92 Å². The number of benzene rings is 2. The van der Waals surface area contributed by atoms with Gasteiger partial charge in [0.15, 0.2) is 0 Å². The van der Waals surface area contributed by atoms with Crippen LogP contribution in [0.25, 0.3) is 11.0 Å². The number of nitrogens with zero attached hydrogens (tertiary/aromatic N) is 3. The number of fused-ring (bicyclic) bond motifs is 1. The summed E-state index contributed by atoms with van der Waals surface area (Å²) in [4.78, 5) is 33.2. The Morgan fingerprint density at radius 3 is 2.24 bits per heavy atom. The Bertz CT molecular complexity index is 1130. The van der Waals surface area contributed by atoms with Gasteiger partial charge in [-0.15, -0.1) is 0 Å². The van der Waals surface area contributed by atoms with Crippen LogP contribution in [0.1, 0.15) is 70.5 Å². The molecule has 34 heavy (non-hydrogen) atoms. The molecule has 3 aromatic rings. The summed E-state index contributed by atoms with van der Waals surface area (Å²) in [7, 11) is 0. The van der Waals surface area contributed by atoms with Gasteiger partial charge in [0.2, 0.25) is 11.8 Å². The van der Waals surface area contributed by atoms with Crippen LogP contribution in [0.4, 0.5) is 0 Å². The third-order valence-corrected chi connectivity index (χ3v) is 6.77. The van der Waals surface area contributed by atoms with Crippen molar-refractivity contribution in [2.24, 2.45) is 0 Å². The molecule has 1 N–H and O–H groups in total. The van der Waals surface area contributed by atoms with Gasteiger partial charge in [-0.1, -0.05) is 50.2 Å². The summed E-state index contributed by atoms with van der Waals surface area (Å²) in [5.74, 6) is 0.708. The first-order chi connectivity index (χ1) is 16.3. The zero-order valence-corrected chi connectivity index (χ0v) is 21.3. The van der Waals surface area contributed by atoms with E-state index in [4.69, 9.17) is 4.98 Å². The zero-order chi connectivity index (χ0) is 24.8. The van der Waals surface area contributed by atoms with Crippen molar-refractivity contribution >= 4 is 22.8 Å². The molecule has 1 aromatic heterocycles. The van der Waals surface area contributed by atoms with Crippen molar-refractivity contribution < 1.29 is 9.59 Å². The number of amides is 2. The molecule has 0 aliphatic rings. The standard InChI is InChI=1S/C28H38N4O2/c1-7-20(4)32(21(5)8-2)27(34)18-31-25-16-12-11-15-24(25)30-28(31)22(6)29-26(33)17-23-14-10-9-13-19(23)3/h9-16,20-22H,7-8,17-18H2,1-6H3,(H,29,33). The first kappa shape index (κ1) is 25.5. The van der Waals surface area contributed by atoms with Crippen molar-refractivity contribution in [3.63, 3.8) is 0 Å². The molecule has 0 aliphatic carbocycles. The van der Waals surface area contributed by atoms with E-state index in [1.165, 1.54) is 0 Å². The van der Waals surface area contributed by atoms with Gasteiger partial charge >= 0.3 is 0 Å². The molecule has 0 saturated heterocycles. The molecular formula is C28H38N4O2. The molecule has 182 valence electrons. The number of aryl methyl sites for hydroxylation is 1. The summed E-state index contributed by atoms with van der Waals surface area (Å²) in [6, 6.07) is 15.7. The van der Waals surface area contributed by atoms with Crippen LogP contribution in [0.5, 0.6) is 0 Å². The van der Waals surface area contributed by atoms with E-state index >= 15 is 0 Å². The Morgan fingerprint density at radius 2 is 1.59 bits per heavy atom. The predicted octanol–water partition coefficient (Wildman–Crippen LogP) is 5.19. The predicted molar refractivity (Wildman–Crippen MR) is 138 cm³/mol. The average Bonchev–Trinajstić information content (AvgIpc) is 3.18. The maximum absolute atomic E-state index is 13.5. The highest BCUT2D eigenvalue weighted by molar-refractivity contribution is 5.82. The number of carbonyl (C=O) groups excluding carboxylic acids is 2. The molecule has 1 heterocycles. The lowest BCUT2D eigenvalue weighted by atomic mass is 10.1. The van der Waals surface area contributed by atoms with Crippen molar-refractivity contribution in [3.05, 3.63) is 65.5 Å². The largest absolute Gasteiger partial charge is 0.346 e. The summed E-state index contributed by atoms with van der Waals surface area (Å²) in [5.41, 5.74) is 3.83. The van der Waals surface area contributed by atoms with Gasteiger partial charge in [0, 0.05) is 12.1 Å². The van der Waals surface area contributed by atoms with Crippen LogP contribution < -0.4 is 5.32 Å². The second-order valence-corrected chi connectivity index (χ2v) is 9.25. The van der Waals surface area contributed by atoms with Crippen molar-refractivity contribution in [2.75, 3.05) is 0 Å². The van der Waals surface area contributed by atoms with E-state index in [0.717, 1.165) is 35.0 Å². The Kier molecular flexibility index (Phi) is 8.48. The lowest BCUT2D eigenvalue weighted by Gasteiger charge is -2.34. The van der Waals surface area contributed by atoms with E-state index in [-0.39, 0.29) is 36.5 Å². The minimum atomic E-state index is -0.336. The normalized spacial score (nSPS) is 13.9. The van der Waals surface area contributed by atoms with E-state index in [1.807, 2.05) is 71.8 Å². The Morgan fingerprint density at radius 1 is 0.971 bits per heavy atom. The summed E-state index contributed by atoms with van der Waals surface area (Å²) >= 11 is 0. The van der Waals surface area contributed by atoms with E-state index in [2.05, 4.69) is 33.0 Å². The van der Waals surface area contributed by atoms with Crippen LogP contribution >= 0.6 is 0 Å². The monoisotopic (exact) mass is 462 g/mol. The van der Waals surface area contributed by atoms with Gasteiger partial charge in [-0.05, 0) is 63.8 Å². The number of carbonyl (C=O) groups is 2. The van der Waals surface area contributed by atoms with Crippen molar-refractivity contribution in [1.29, 1.82) is 0 Å². The third kappa shape index (κ3) is 5.66. The minimum Gasteiger partial charge on any atom is -0.346 e. The molecular weight excluding hydrogens is 424 g/mol. The van der Waals surface area contributed by atoms with Crippen molar-refractivity contribution in [2.45, 2.75) is 85.5 Å². The number of hydrogen-bond donors (Lipinski definition) is 1. The molecule has 0 spiro atoms. The van der Waals surface area contributed by atoms with Crippen molar-refractivity contribution in [1.82, 2.24) is 19.8 Å². The number of imidazole rings is 1. The number of hydrogen-bond acceptors (Lipinski definition) is 3. The number of rotatable bonds is 10. The van der Waals surface area contributed by atoms with Gasteiger partial charge in [0.25, 0.3) is 0 Å². The molecule has 0 radical (unpaired) electrons. The highest BCUT2D eigenvalue weighted by atomic mass is 16.2. The maximum Gasteiger partial charge on any atom is 0.243 e. The molecule has 0 fully saturated rings. The molecule has 2 amide bonds. The maximum atomic E-state index is 13.5. The van der Waals surface area contributed by atoms with E-state index in [9.17, 15) is 9.59 Å². The first-order valence-electron chi connectivity index (χ1n) is 12.4. The smallest absolute Gasteiger partial charge is 0.243 e. The second-order valence-electron chi connectivity index (χ2n) is 9.25. The molecule has 0 aliphatic heterocycles. The van der Waals surface area contributed by atoms with Gasteiger partial charge in [0.1, 0.15) is 12.4 Å². The summed E-state index contributed by atoms with van der Waals surface area (Å²) in [5, 5.41) is 3.10. The van der Waals surface area contributed by atoms with Crippen molar-refractivity contribution in [3.8, 4) is 0 Å². The van der Waals surface area contributed by atoms with Gasteiger partial charge in [-0.2, -0.15) is 0 Å². The molecule has 6 heteroatoms. The first-order valence-corrected chi connectivity index (χ1v) is 12.4. The minimum absolute atomic E-state index is 0.0624. The number of nitrogens with one attached hydrogen (secondary N) is 1. The van der Waals surface area contributed by atoms with Crippen LogP contribution in [-0.4, -0.2) is 38.3 Å². The van der Waals surface area contributed by atoms with E-state index in [1.54, 1.807) is 0 Å². The topological polar surface area (TPSA) is 67.2 Å². The Labute approximate surface area is 203 Å². The fourth-order valence-electron chi connectivity index (χ4n) is 4.47. The van der Waals surface area contributed by atoms with Crippen LogP contribution in [-0.2, 0) is 22.6 Å². The van der Waals surface area contributed by atoms with Crippen LogP contribution in [0.2, 0.25) is 0 Å². The molecule has 0 bridgehead atoms. The fraction of sp³-hybridized carbons (Fsp3) is 0.464.